The first-order valence-electron chi connectivity index (χ1n) is 4.53. The van der Waals surface area contributed by atoms with Crippen LogP contribution in [0.15, 0.2) is 59.8 Å². The number of aromatic nitrogens is 1. The summed E-state index contributed by atoms with van der Waals surface area (Å²) in [6, 6.07) is 16.4. The molecule has 0 N–H and O–H groups in total. The Bertz CT molecular complexity index is 333. The molecule has 0 unspecified atom stereocenters. The lowest BCUT2D eigenvalue weighted by Crippen LogP contribution is -1.81. The van der Waals surface area contributed by atoms with Crippen LogP contribution in [0.3, 0.4) is 0 Å². The van der Waals surface area contributed by atoms with Gasteiger partial charge in [0.2, 0.25) is 0 Å². The number of hydrogen-bond acceptors (Lipinski definition) is 2. The Morgan fingerprint density at radius 2 is 1.71 bits per heavy atom. The summed E-state index contributed by atoms with van der Waals surface area (Å²) in [5.41, 5.74) is 1.34. The standard InChI is InChI=1S/C12H11NS/c1-2-6-11(7-3-1)10-14-12-8-4-5-9-13-12/h1-9H,10H2. The van der Waals surface area contributed by atoms with Crippen molar-refractivity contribution in [3.05, 3.63) is 60.3 Å². The van der Waals surface area contributed by atoms with Crippen molar-refractivity contribution in [1.82, 2.24) is 4.98 Å². The minimum Gasteiger partial charge on any atom is -0.250 e. The van der Waals surface area contributed by atoms with Crippen LogP contribution in [-0.2, 0) is 5.75 Å². The molecular weight excluding hydrogens is 190 g/mol. The van der Waals surface area contributed by atoms with Gasteiger partial charge in [-0.05, 0) is 17.7 Å². The van der Waals surface area contributed by atoms with Gasteiger partial charge < -0.3 is 0 Å². The summed E-state index contributed by atoms with van der Waals surface area (Å²) in [5.74, 6) is 0.984. The summed E-state index contributed by atoms with van der Waals surface area (Å²) in [7, 11) is 0. The van der Waals surface area contributed by atoms with E-state index in [0.29, 0.717) is 0 Å². The summed E-state index contributed by atoms with van der Waals surface area (Å²) in [4.78, 5) is 4.26. The first-order valence-corrected chi connectivity index (χ1v) is 5.51. The quantitative estimate of drug-likeness (QED) is 0.706. The molecule has 0 spiro atoms. The van der Waals surface area contributed by atoms with Gasteiger partial charge in [-0.1, -0.05) is 36.4 Å². The van der Waals surface area contributed by atoms with E-state index in [1.165, 1.54) is 5.56 Å². The molecule has 0 radical (unpaired) electrons. The smallest absolute Gasteiger partial charge is 0.0963 e. The normalized spacial score (nSPS) is 10.0. The van der Waals surface area contributed by atoms with Crippen LogP contribution in [0, 0.1) is 0 Å². The van der Waals surface area contributed by atoms with Crippen molar-refractivity contribution in [2.75, 3.05) is 0 Å². The molecule has 0 atom stereocenters. The largest absolute Gasteiger partial charge is 0.250 e. The molecule has 0 fully saturated rings. The molecule has 0 saturated heterocycles. The van der Waals surface area contributed by atoms with Crippen molar-refractivity contribution in [2.45, 2.75) is 10.8 Å². The lowest BCUT2D eigenvalue weighted by atomic mass is 10.2. The fourth-order valence-electron chi connectivity index (χ4n) is 1.16. The second kappa shape index (κ2) is 4.82. The van der Waals surface area contributed by atoms with Crippen molar-refractivity contribution in [2.24, 2.45) is 0 Å². The van der Waals surface area contributed by atoms with Gasteiger partial charge in [0.15, 0.2) is 0 Å². The van der Waals surface area contributed by atoms with Gasteiger partial charge in [0.25, 0.3) is 0 Å². The number of pyridine rings is 1. The highest BCUT2D eigenvalue weighted by atomic mass is 32.2. The van der Waals surface area contributed by atoms with Crippen LogP contribution >= 0.6 is 11.8 Å². The average molecular weight is 201 g/mol. The van der Waals surface area contributed by atoms with E-state index in [1.54, 1.807) is 11.8 Å². The number of benzene rings is 1. The van der Waals surface area contributed by atoms with Crippen LogP contribution in [-0.4, -0.2) is 4.98 Å². The number of nitrogens with zero attached hydrogens (tertiary/aromatic N) is 1. The minimum atomic E-state index is 0.984. The van der Waals surface area contributed by atoms with Gasteiger partial charge in [0.05, 0.1) is 5.03 Å². The highest BCUT2D eigenvalue weighted by Crippen LogP contribution is 2.19. The molecule has 0 amide bonds. The molecule has 0 saturated carbocycles. The lowest BCUT2D eigenvalue weighted by Gasteiger charge is -1.99. The summed E-state index contributed by atoms with van der Waals surface area (Å²) in [6.07, 6.45) is 1.83. The average Bonchev–Trinajstić information content (AvgIpc) is 2.29. The molecule has 1 nitrogen and oxygen atoms in total. The van der Waals surface area contributed by atoms with E-state index >= 15 is 0 Å². The van der Waals surface area contributed by atoms with E-state index in [9.17, 15) is 0 Å². The van der Waals surface area contributed by atoms with Crippen LogP contribution in [0.4, 0.5) is 0 Å². The summed E-state index contributed by atoms with van der Waals surface area (Å²) < 4.78 is 0. The molecular formula is C12H11NS. The van der Waals surface area contributed by atoms with Crippen LogP contribution in [0.25, 0.3) is 0 Å². The predicted molar refractivity (Wildman–Crippen MR) is 60.2 cm³/mol. The van der Waals surface area contributed by atoms with Gasteiger partial charge in [-0.2, -0.15) is 0 Å². The molecule has 1 aromatic heterocycles. The Labute approximate surface area is 88.2 Å². The zero-order valence-corrected chi connectivity index (χ0v) is 8.58. The van der Waals surface area contributed by atoms with Crippen molar-refractivity contribution in [3.8, 4) is 0 Å². The molecule has 70 valence electrons. The SMILES string of the molecule is c1ccc(CSc2ccccn2)cc1. The summed E-state index contributed by atoms with van der Waals surface area (Å²) in [5, 5.41) is 1.08. The van der Waals surface area contributed by atoms with Gasteiger partial charge in [0.1, 0.15) is 0 Å². The van der Waals surface area contributed by atoms with Crippen LogP contribution < -0.4 is 0 Å². The summed E-state index contributed by atoms with van der Waals surface area (Å²) in [6.45, 7) is 0. The zero-order chi connectivity index (χ0) is 9.64. The second-order valence-corrected chi connectivity index (χ2v) is 3.94. The molecule has 0 aliphatic rings. The fraction of sp³-hybridized carbons (Fsp3) is 0.0833. The number of hydrogen-bond donors (Lipinski definition) is 0. The van der Waals surface area contributed by atoms with E-state index in [2.05, 4.69) is 29.2 Å². The molecule has 0 aliphatic carbocycles. The molecule has 2 heteroatoms. The van der Waals surface area contributed by atoms with Crippen molar-refractivity contribution in [1.29, 1.82) is 0 Å². The molecule has 0 bridgehead atoms. The van der Waals surface area contributed by atoms with Crippen LogP contribution in [0.1, 0.15) is 5.56 Å². The van der Waals surface area contributed by atoms with Crippen LogP contribution in [0.2, 0.25) is 0 Å². The van der Waals surface area contributed by atoms with E-state index in [0.717, 1.165) is 10.8 Å². The predicted octanol–water partition coefficient (Wildman–Crippen LogP) is 3.37. The van der Waals surface area contributed by atoms with Crippen LogP contribution in [0.5, 0.6) is 0 Å². The zero-order valence-electron chi connectivity index (χ0n) is 7.76. The maximum Gasteiger partial charge on any atom is 0.0963 e. The van der Waals surface area contributed by atoms with E-state index in [-0.39, 0.29) is 0 Å². The molecule has 14 heavy (non-hydrogen) atoms. The molecule has 2 rings (SSSR count). The minimum absolute atomic E-state index is 0.984. The van der Waals surface area contributed by atoms with E-state index in [4.69, 9.17) is 0 Å². The molecule has 1 heterocycles. The third-order valence-electron chi connectivity index (χ3n) is 1.87. The monoisotopic (exact) mass is 201 g/mol. The van der Waals surface area contributed by atoms with Gasteiger partial charge in [0, 0.05) is 11.9 Å². The van der Waals surface area contributed by atoms with Crippen molar-refractivity contribution < 1.29 is 0 Å². The molecule has 1 aromatic carbocycles. The Hall–Kier alpha value is -1.28. The van der Waals surface area contributed by atoms with Gasteiger partial charge in [-0.25, -0.2) is 4.98 Å². The Morgan fingerprint density at radius 3 is 2.43 bits per heavy atom. The molecule has 2 aromatic rings. The van der Waals surface area contributed by atoms with Gasteiger partial charge >= 0.3 is 0 Å². The van der Waals surface area contributed by atoms with E-state index < -0.39 is 0 Å². The Balaban J connectivity index is 1.96. The molecule has 0 aliphatic heterocycles. The first-order chi connectivity index (χ1) is 6.95. The van der Waals surface area contributed by atoms with E-state index in [1.807, 2.05) is 30.5 Å². The Morgan fingerprint density at radius 1 is 0.929 bits per heavy atom. The number of rotatable bonds is 3. The van der Waals surface area contributed by atoms with Crippen molar-refractivity contribution in [3.63, 3.8) is 0 Å². The van der Waals surface area contributed by atoms with Gasteiger partial charge in [-0.3, -0.25) is 0 Å². The maximum absolute atomic E-state index is 4.26. The second-order valence-electron chi connectivity index (χ2n) is 2.94. The maximum atomic E-state index is 4.26. The lowest BCUT2D eigenvalue weighted by molar-refractivity contribution is 1.13. The Kier molecular flexibility index (Phi) is 3.19. The highest BCUT2D eigenvalue weighted by Gasteiger charge is 1.94. The topological polar surface area (TPSA) is 12.9 Å². The number of thioether (sulfide) groups is 1. The fourth-order valence-corrected chi connectivity index (χ4v) is 1.98. The van der Waals surface area contributed by atoms with Gasteiger partial charge in [-0.15, -0.1) is 11.8 Å². The highest BCUT2D eigenvalue weighted by molar-refractivity contribution is 7.98. The summed E-state index contributed by atoms with van der Waals surface area (Å²) >= 11 is 1.76. The third-order valence-corrected chi connectivity index (χ3v) is 2.88. The first kappa shape index (κ1) is 9.28. The third kappa shape index (κ3) is 2.60. The van der Waals surface area contributed by atoms with Crippen molar-refractivity contribution >= 4 is 11.8 Å².